The Kier molecular flexibility index (Phi) is 8.59. The number of furan rings is 1. The Morgan fingerprint density at radius 3 is 2.68 bits per heavy atom. The van der Waals surface area contributed by atoms with Crippen molar-refractivity contribution in [1.82, 2.24) is 4.90 Å². The summed E-state index contributed by atoms with van der Waals surface area (Å²) in [6, 6.07) is 15.0. The Balaban J connectivity index is 1.58. The van der Waals surface area contributed by atoms with Gasteiger partial charge < -0.3 is 13.9 Å². The second-order valence-electron chi connectivity index (χ2n) is 8.68. The summed E-state index contributed by atoms with van der Waals surface area (Å²) in [6.07, 6.45) is 4.68. The van der Waals surface area contributed by atoms with Crippen LogP contribution in [0.2, 0.25) is 0 Å². The van der Waals surface area contributed by atoms with Crippen LogP contribution in [0, 0.1) is 16.0 Å². The Morgan fingerprint density at radius 2 is 1.97 bits per heavy atom. The molecule has 2 heterocycles. The Labute approximate surface area is 223 Å². The van der Waals surface area contributed by atoms with Gasteiger partial charge in [-0.05, 0) is 65.2 Å². The predicted octanol–water partition coefficient (Wildman–Crippen LogP) is 5.74. The van der Waals surface area contributed by atoms with Crippen LogP contribution >= 0.6 is 11.8 Å². The largest absolute Gasteiger partial charge is 0.493 e. The fraction of sp³-hybridized carbons (Fsp3) is 0.222. The monoisotopic (exact) mass is 534 g/mol. The van der Waals surface area contributed by atoms with E-state index in [-0.39, 0.29) is 18.1 Å². The molecule has 0 N–H and O–H groups in total. The average Bonchev–Trinajstić information content (AvgIpc) is 3.52. The molecule has 1 aromatic heterocycles. The lowest BCUT2D eigenvalue weighted by atomic mass is 10.2. The van der Waals surface area contributed by atoms with Crippen molar-refractivity contribution < 1.29 is 23.6 Å². The van der Waals surface area contributed by atoms with Crippen molar-refractivity contribution in [3.05, 3.63) is 92.8 Å². The van der Waals surface area contributed by atoms with Crippen molar-refractivity contribution in [2.24, 2.45) is 16.1 Å². The summed E-state index contributed by atoms with van der Waals surface area (Å²) in [5, 5.41) is 20.0. The molecule has 0 atom stereocenters. The van der Waals surface area contributed by atoms with E-state index >= 15 is 0 Å². The molecule has 38 heavy (non-hydrogen) atoms. The van der Waals surface area contributed by atoms with Crippen LogP contribution in [0.5, 0.6) is 11.5 Å². The van der Waals surface area contributed by atoms with Crippen LogP contribution < -0.4 is 9.47 Å². The number of carbonyl (C=O) groups is 1. The lowest BCUT2D eigenvalue weighted by Crippen LogP contribution is -2.28. The van der Waals surface area contributed by atoms with Gasteiger partial charge in [0.15, 0.2) is 16.7 Å². The van der Waals surface area contributed by atoms with Gasteiger partial charge in [0.1, 0.15) is 5.76 Å². The number of thioether (sulfide) groups is 1. The van der Waals surface area contributed by atoms with E-state index in [0.717, 1.165) is 17.3 Å². The van der Waals surface area contributed by atoms with Gasteiger partial charge in [-0.25, -0.2) is 0 Å². The first-order valence-electron chi connectivity index (χ1n) is 11.7. The fourth-order valence-electron chi connectivity index (χ4n) is 3.45. The summed E-state index contributed by atoms with van der Waals surface area (Å²) >= 11 is 1.13. The first kappa shape index (κ1) is 26.7. The number of nitro groups is 1. The lowest BCUT2D eigenvalue weighted by Gasteiger charge is -2.13. The second-order valence-corrected chi connectivity index (χ2v) is 9.68. The third-order valence-electron chi connectivity index (χ3n) is 5.27. The van der Waals surface area contributed by atoms with Crippen molar-refractivity contribution in [1.29, 1.82) is 0 Å². The molecule has 4 rings (SSSR count). The zero-order valence-corrected chi connectivity index (χ0v) is 21.9. The maximum absolute atomic E-state index is 13.2. The van der Waals surface area contributed by atoms with Crippen molar-refractivity contribution in [2.45, 2.75) is 20.4 Å². The second kappa shape index (κ2) is 12.2. The van der Waals surface area contributed by atoms with Gasteiger partial charge in [-0.1, -0.05) is 26.0 Å². The van der Waals surface area contributed by atoms with E-state index in [9.17, 15) is 14.9 Å². The van der Waals surface area contributed by atoms with Gasteiger partial charge in [-0.2, -0.15) is 5.10 Å². The molecule has 1 fully saturated rings. The normalized spacial score (nSPS) is 15.8. The number of benzene rings is 2. The molecule has 10 nitrogen and oxygen atoms in total. The van der Waals surface area contributed by atoms with Crippen LogP contribution in [0.1, 0.15) is 30.7 Å². The van der Waals surface area contributed by atoms with E-state index < -0.39 is 4.92 Å². The highest BCUT2D eigenvalue weighted by Crippen LogP contribution is 2.34. The van der Waals surface area contributed by atoms with E-state index in [4.69, 9.17) is 13.9 Å². The standard InChI is InChI=1S/C27H26N4O6S/c1-18(2)17-37-23-10-9-20(13-24(23)35-3)15-28-29-27-30(16-22-8-5-11-36-22)26(32)25(38-27)14-19-6-4-7-21(12-19)31(33)34/h4-15,18H,16-17H2,1-3H3/b25-14-,28-15-,29-27+. The van der Waals surface area contributed by atoms with Crippen molar-refractivity contribution in [2.75, 3.05) is 13.7 Å². The van der Waals surface area contributed by atoms with Crippen LogP contribution in [0.25, 0.3) is 6.08 Å². The summed E-state index contributed by atoms with van der Waals surface area (Å²) in [6.45, 7) is 4.87. The maximum Gasteiger partial charge on any atom is 0.270 e. The maximum atomic E-state index is 13.2. The number of nitro benzene ring substituents is 1. The minimum absolute atomic E-state index is 0.0585. The van der Waals surface area contributed by atoms with Crippen LogP contribution in [0.15, 0.2) is 80.4 Å². The molecule has 0 saturated carbocycles. The fourth-order valence-corrected chi connectivity index (χ4v) is 4.38. The number of nitrogens with zero attached hydrogens (tertiary/aromatic N) is 4. The van der Waals surface area contributed by atoms with E-state index in [1.807, 2.05) is 12.1 Å². The average molecular weight is 535 g/mol. The molecule has 0 unspecified atom stereocenters. The number of hydrogen-bond acceptors (Lipinski definition) is 9. The highest BCUT2D eigenvalue weighted by molar-refractivity contribution is 8.18. The Morgan fingerprint density at radius 1 is 1.13 bits per heavy atom. The number of non-ortho nitro benzene ring substituents is 1. The molecule has 1 aliphatic rings. The molecular formula is C27H26N4O6S. The van der Waals surface area contributed by atoms with Gasteiger partial charge in [0, 0.05) is 12.1 Å². The summed E-state index contributed by atoms with van der Waals surface area (Å²) in [7, 11) is 1.57. The van der Waals surface area contributed by atoms with Crippen molar-refractivity contribution in [3.8, 4) is 11.5 Å². The van der Waals surface area contributed by atoms with Gasteiger partial charge in [0.2, 0.25) is 0 Å². The molecule has 11 heteroatoms. The van der Waals surface area contributed by atoms with Crippen molar-refractivity contribution in [3.63, 3.8) is 0 Å². The Bertz CT molecular complexity index is 1400. The summed E-state index contributed by atoms with van der Waals surface area (Å²) in [4.78, 5) is 25.7. The molecule has 0 radical (unpaired) electrons. The minimum Gasteiger partial charge on any atom is -0.493 e. The van der Waals surface area contributed by atoms with Crippen molar-refractivity contribution >= 4 is 40.8 Å². The first-order valence-corrected chi connectivity index (χ1v) is 12.6. The van der Waals surface area contributed by atoms with Gasteiger partial charge in [-0.3, -0.25) is 19.8 Å². The summed E-state index contributed by atoms with van der Waals surface area (Å²) < 4.78 is 16.6. The van der Waals surface area contributed by atoms with Crippen LogP contribution in [-0.4, -0.2) is 40.8 Å². The van der Waals surface area contributed by atoms with Crippen LogP contribution in [-0.2, 0) is 11.3 Å². The van der Waals surface area contributed by atoms with E-state index in [1.54, 1.807) is 49.7 Å². The molecule has 1 aliphatic heterocycles. The zero-order valence-electron chi connectivity index (χ0n) is 21.1. The molecule has 1 amide bonds. The van der Waals surface area contributed by atoms with Crippen LogP contribution in [0.4, 0.5) is 5.69 Å². The Hall–Kier alpha value is -4.38. The predicted molar refractivity (Wildman–Crippen MR) is 146 cm³/mol. The number of hydrogen-bond donors (Lipinski definition) is 0. The first-order chi connectivity index (χ1) is 18.3. The number of carbonyl (C=O) groups excluding carboxylic acids is 1. The molecule has 196 valence electrons. The quantitative estimate of drug-likeness (QED) is 0.141. The van der Waals surface area contributed by atoms with E-state index in [1.165, 1.54) is 23.3 Å². The number of amides is 1. The lowest BCUT2D eigenvalue weighted by molar-refractivity contribution is -0.384. The third-order valence-corrected chi connectivity index (χ3v) is 6.27. The zero-order chi connectivity index (χ0) is 27.1. The molecule has 3 aromatic rings. The van der Waals surface area contributed by atoms with E-state index in [2.05, 4.69) is 24.1 Å². The topological polar surface area (TPSA) is 120 Å². The molecule has 0 bridgehead atoms. The molecule has 0 spiro atoms. The summed E-state index contributed by atoms with van der Waals surface area (Å²) in [5.74, 6) is 1.87. The highest BCUT2D eigenvalue weighted by atomic mass is 32.2. The van der Waals surface area contributed by atoms with Gasteiger partial charge in [0.05, 0.1) is 42.6 Å². The minimum atomic E-state index is -0.478. The van der Waals surface area contributed by atoms with Gasteiger partial charge >= 0.3 is 0 Å². The SMILES string of the molecule is COc1cc(/C=N\N=C2\S/C(=C\c3cccc([N+](=O)[O-])c3)C(=O)N2Cc2ccco2)ccc1OCC(C)C. The number of amidine groups is 1. The number of rotatable bonds is 10. The number of methoxy groups -OCH3 is 1. The number of ether oxygens (including phenoxy) is 2. The third kappa shape index (κ3) is 6.68. The molecular weight excluding hydrogens is 508 g/mol. The van der Waals surface area contributed by atoms with Gasteiger partial charge in [-0.15, -0.1) is 5.10 Å². The highest BCUT2D eigenvalue weighted by Gasteiger charge is 2.34. The molecule has 2 aromatic carbocycles. The van der Waals surface area contributed by atoms with Crippen LogP contribution in [0.3, 0.4) is 0 Å². The molecule has 0 aliphatic carbocycles. The summed E-state index contributed by atoms with van der Waals surface area (Å²) in [5.41, 5.74) is 1.21. The smallest absolute Gasteiger partial charge is 0.270 e. The van der Waals surface area contributed by atoms with E-state index in [0.29, 0.717) is 45.4 Å². The van der Waals surface area contributed by atoms with Gasteiger partial charge in [0.25, 0.3) is 11.6 Å². The molecule has 1 saturated heterocycles.